The molecule has 19 heavy (non-hydrogen) atoms. The smallest absolute Gasteiger partial charge is 0.0860 e. The van der Waals surface area contributed by atoms with Gasteiger partial charge in [-0.15, -0.1) is 0 Å². The van der Waals surface area contributed by atoms with Crippen LogP contribution in [0.15, 0.2) is 0 Å². The van der Waals surface area contributed by atoms with E-state index < -0.39 is 0 Å². The Morgan fingerprint density at radius 1 is 1.53 bits per heavy atom. The van der Waals surface area contributed by atoms with Crippen molar-refractivity contribution in [2.24, 2.45) is 18.7 Å². The van der Waals surface area contributed by atoms with Gasteiger partial charge in [-0.25, -0.2) is 0 Å². The largest absolute Gasteiger partial charge is 0.393 e. The zero-order valence-corrected chi connectivity index (χ0v) is 13.7. The van der Waals surface area contributed by atoms with Crippen LogP contribution in [0.25, 0.3) is 0 Å². The SMILES string of the molecule is Cc1nn(C)c(CN(CCC(N)=S)CC(C)C)c1Cl. The van der Waals surface area contributed by atoms with Gasteiger partial charge < -0.3 is 5.73 Å². The van der Waals surface area contributed by atoms with Gasteiger partial charge in [-0.1, -0.05) is 37.7 Å². The van der Waals surface area contributed by atoms with Gasteiger partial charge in [0.15, 0.2) is 0 Å². The molecule has 0 bridgehead atoms. The highest BCUT2D eigenvalue weighted by atomic mass is 35.5. The fourth-order valence-electron chi connectivity index (χ4n) is 2.08. The molecule has 6 heteroatoms. The van der Waals surface area contributed by atoms with Crippen LogP contribution in [0.2, 0.25) is 5.02 Å². The maximum atomic E-state index is 6.30. The number of hydrogen-bond acceptors (Lipinski definition) is 3. The van der Waals surface area contributed by atoms with Gasteiger partial charge in [0, 0.05) is 33.1 Å². The Morgan fingerprint density at radius 2 is 2.16 bits per heavy atom. The van der Waals surface area contributed by atoms with E-state index >= 15 is 0 Å². The van der Waals surface area contributed by atoms with E-state index in [0.29, 0.717) is 10.9 Å². The van der Waals surface area contributed by atoms with Crippen molar-refractivity contribution in [2.45, 2.75) is 33.7 Å². The number of thiocarbonyl (C=S) groups is 1. The molecule has 4 nitrogen and oxygen atoms in total. The van der Waals surface area contributed by atoms with Crippen LogP contribution in [-0.4, -0.2) is 32.8 Å². The monoisotopic (exact) mass is 302 g/mol. The first-order chi connectivity index (χ1) is 8.81. The van der Waals surface area contributed by atoms with E-state index in [9.17, 15) is 0 Å². The van der Waals surface area contributed by atoms with Crippen LogP contribution in [0.3, 0.4) is 0 Å². The van der Waals surface area contributed by atoms with E-state index in [-0.39, 0.29) is 0 Å². The third kappa shape index (κ3) is 5.09. The maximum absolute atomic E-state index is 6.30. The summed E-state index contributed by atoms with van der Waals surface area (Å²) in [7, 11) is 1.93. The highest BCUT2D eigenvalue weighted by molar-refractivity contribution is 7.80. The molecule has 1 heterocycles. The Morgan fingerprint density at radius 3 is 2.58 bits per heavy atom. The Hall–Kier alpha value is -0.650. The lowest BCUT2D eigenvalue weighted by atomic mass is 10.2. The standard InChI is InChI=1S/C13H23ClN4S/c1-9(2)7-18(6-5-12(15)19)8-11-13(14)10(3)16-17(11)4/h9H,5-8H2,1-4H3,(H2,15,19). The summed E-state index contributed by atoms with van der Waals surface area (Å²) in [5.74, 6) is 0.583. The van der Waals surface area contributed by atoms with Gasteiger partial charge >= 0.3 is 0 Å². The summed E-state index contributed by atoms with van der Waals surface area (Å²) >= 11 is 11.3. The Bertz CT molecular complexity index is 442. The van der Waals surface area contributed by atoms with Gasteiger partial charge in [0.25, 0.3) is 0 Å². The molecule has 0 unspecified atom stereocenters. The summed E-state index contributed by atoms with van der Waals surface area (Å²) in [5.41, 5.74) is 7.51. The second-order valence-corrected chi connectivity index (χ2v) is 6.22. The maximum Gasteiger partial charge on any atom is 0.0860 e. The van der Waals surface area contributed by atoms with Crippen molar-refractivity contribution in [3.63, 3.8) is 0 Å². The molecule has 0 aromatic carbocycles. The van der Waals surface area contributed by atoms with Crippen molar-refractivity contribution in [1.29, 1.82) is 0 Å². The van der Waals surface area contributed by atoms with Gasteiger partial charge in [-0.3, -0.25) is 9.58 Å². The van der Waals surface area contributed by atoms with E-state index in [0.717, 1.165) is 42.5 Å². The van der Waals surface area contributed by atoms with Crippen LogP contribution in [0.1, 0.15) is 31.7 Å². The molecule has 1 aromatic rings. The molecule has 2 N–H and O–H groups in total. The van der Waals surface area contributed by atoms with E-state index in [2.05, 4.69) is 23.8 Å². The molecule has 0 fully saturated rings. The average Bonchev–Trinajstić information content (AvgIpc) is 2.52. The lowest BCUT2D eigenvalue weighted by Crippen LogP contribution is -2.31. The van der Waals surface area contributed by atoms with Crippen molar-refractivity contribution in [2.75, 3.05) is 13.1 Å². The molecule has 0 atom stereocenters. The van der Waals surface area contributed by atoms with Gasteiger partial charge in [-0.2, -0.15) is 5.10 Å². The molecule has 1 rings (SSSR count). The molecule has 0 aliphatic heterocycles. The van der Waals surface area contributed by atoms with E-state index in [1.807, 2.05) is 18.7 Å². The van der Waals surface area contributed by atoms with E-state index in [1.165, 1.54) is 0 Å². The molecule has 0 aliphatic rings. The summed E-state index contributed by atoms with van der Waals surface area (Å²) in [6.07, 6.45) is 0.733. The van der Waals surface area contributed by atoms with E-state index in [4.69, 9.17) is 29.6 Å². The quantitative estimate of drug-likeness (QED) is 0.786. The number of aryl methyl sites for hydroxylation is 2. The summed E-state index contributed by atoms with van der Waals surface area (Å²) in [4.78, 5) is 2.88. The Balaban J connectivity index is 2.78. The second-order valence-electron chi connectivity index (χ2n) is 5.31. The minimum absolute atomic E-state index is 0.557. The lowest BCUT2D eigenvalue weighted by Gasteiger charge is -2.24. The first kappa shape index (κ1) is 16.4. The Kier molecular flexibility index (Phi) is 6.23. The summed E-state index contributed by atoms with van der Waals surface area (Å²) in [6.45, 7) is 8.94. The zero-order chi connectivity index (χ0) is 14.6. The second kappa shape index (κ2) is 7.22. The number of hydrogen-bond donors (Lipinski definition) is 1. The molecule has 0 amide bonds. The van der Waals surface area contributed by atoms with Crippen molar-refractivity contribution < 1.29 is 0 Å². The molecule has 108 valence electrons. The third-order valence-electron chi connectivity index (χ3n) is 2.93. The number of rotatable bonds is 7. The molecule has 0 saturated carbocycles. The number of halogens is 1. The van der Waals surface area contributed by atoms with Crippen LogP contribution >= 0.6 is 23.8 Å². The summed E-state index contributed by atoms with van der Waals surface area (Å²) in [6, 6.07) is 0. The fraction of sp³-hybridized carbons (Fsp3) is 0.692. The van der Waals surface area contributed by atoms with Crippen LogP contribution in [0.4, 0.5) is 0 Å². The van der Waals surface area contributed by atoms with Crippen molar-refractivity contribution in [1.82, 2.24) is 14.7 Å². The number of nitrogens with two attached hydrogens (primary N) is 1. The molecule has 0 spiro atoms. The first-order valence-electron chi connectivity index (χ1n) is 6.49. The predicted molar refractivity (Wildman–Crippen MR) is 84.5 cm³/mol. The van der Waals surface area contributed by atoms with Crippen molar-refractivity contribution in [3.8, 4) is 0 Å². The van der Waals surface area contributed by atoms with Crippen LogP contribution in [-0.2, 0) is 13.6 Å². The van der Waals surface area contributed by atoms with Crippen LogP contribution < -0.4 is 5.73 Å². The molecule has 0 saturated heterocycles. The zero-order valence-electron chi connectivity index (χ0n) is 12.1. The normalized spacial score (nSPS) is 11.5. The Labute approximate surface area is 125 Å². The topological polar surface area (TPSA) is 47.1 Å². The molecular weight excluding hydrogens is 280 g/mol. The number of nitrogens with zero attached hydrogens (tertiary/aromatic N) is 3. The minimum atomic E-state index is 0.557. The van der Waals surface area contributed by atoms with Crippen molar-refractivity contribution >= 4 is 28.8 Å². The lowest BCUT2D eigenvalue weighted by molar-refractivity contribution is 0.237. The molecule has 0 radical (unpaired) electrons. The van der Waals surface area contributed by atoms with Gasteiger partial charge in [0.2, 0.25) is 0 Å². The summed E-state index contributed by atoms with van der Waals surface area (Å²) in [5, 5.41) is 5.10. The van der Waals surface area contributed by atoms with E-state index in [1.54, 1.807) is 0 Å². The molecular formula is C13H23ClN4S. The van der Waals surface area contributed by atoms with Crippen molar-refractivity contribution in [3.05, 3.63) is 16.4 Å². The third-order valence-corrected chi connectivity index (χ3v) is 3.63. The fourth-order valence-corrected chi connectivity index (χ4v) is 2.39. The van der Waals surface area contributed by atoms with Gasteiger partial charge in [-0.05, 0) is 12.8 Å². The summed E-state index contributed by atoms with van der Waals surface area (Å²) < 4.78 is 1.85. The number of aromatic nitrogens is 2. The minimum Gasteiger partial charge on any atom is -0.393 e. The predicted octanol–water partition coefficient (Wildman–Crippen LogP) is 2.52. The first-order valence-corrected chi connectivity index (χ1v) is 7.28. The van der Waals surface area contributed by atoms with Gasteiger partial charge in [0.05, 0.1) is 21.4 Å². The highest BCUT2D eigenvalue weighted by Crippen LogP contribution is 2.21. The van der Waals surface area contributed by atoms with Gasteiger partial charge in [0.1, 0.15) is 0 Å². The highest BCUT2D eigenvalue weighted by Gasteiger charge is 2.16. The van der Waals surface area contributed by atoms with Crippen LogP contribution in [0.5, 0.6) is 0 Å². The van der Waals surface area contributed by atoms with Crippen LogP contribution in [0, 0.1) is 12.8 Å². The molecule has 0 aliphatic carbocycles. The molecule has 1 aromatic heterocycles. The average molecular weight is 303 g/mol.